The molecule has 4 rings (SSSR count). The minimum absolute atomic E-state index is 0.0114. The third-order valence-corrected chi connectivity index (χ3v) is 7.16. The Kier molecular flexibility index (Phi) is 7.29. The summed E-state index contributed by atoms with van der Waals surface area (Å²) in [4.78, 5) is 30.3. The molecule has 2 aromatic carbocycles. The van der Waals surface area contributed by atoms with E-state index in [1.165, 1.54) is 5.56 Å². The molecule has 1 aliphatic heterocycles. The van der Waals surface area contributed by atoms with Gasteiger partial charge in [0, 0.05) is 23.0 Å². The molecule has 4 nitrogen and oxygen atoms in total. The predicted molar refractivity (Wildman–Crippen MR) is 134 cm³/mol. The molecule has 2 amide bonds. The van der Waals surface area contributed by atoms with E-state index >= 15 is 0 Å². The molecule has 1 aliphatic rings. The first-order chi connectivity index (χ1) is 16.0. The number of rotatable bonds is 8. The average Bonchev–Trinajstić information content (AvgIpc) is 3.34. The number of nitrogens with zero attached hydrogens (tertiary/aromatic N) is 1. The molecule has 0 fully saturated rings. The number of nitrogens with one attached hydrogen (secondary N) is 1. The van der Waals surface area contributed by atoms with Crippen LogP contribution in [0.15, 0.2) is 72.1 Å². The fourth-order valence-corrected chi connectivity index (χ4v) is 5.55. The third kappa shape index (κ3) is 5.19. The molecule has 0 aliphatic carbocycles. The maximum Gasteiger partial charge on any atom is 0.254 e. The van der Waals surface area contributed by atoms with E-state index in [0.29, 0.717) is 18.0 Å². The molecule has 0 unspecified atom stereocenters. The van der Waals surface area contributed by atoms with Crippen molar-refractivity contribution in [1.82, 2.24) is 10.2 Å². The molecule has 0 saturated carbocycles. The highest BCUT2D eigenvalue weighted by atomic mass is 32.1. The number of hydrogen-bond donors (Lipinski definition) is 1. The van der Waals surface area contributed by atoms with Crippen LogP contribution in [0.25, 0.3) is 0 Å². The lowest BCUT2D eigenvalue weighted by molar-refractivity contribution is -0.124. The molecule has 1 aromatic heterocycles. The highest BCUT2D eigenvalue weighted by molar-refractivity contribution is 7.10. The number of fused-ring (bicyclic) bond motifs is 1. The second kappa shape index (κ2) is 10.3. The Hall–Kier alpha value is -2.92. The first kappa shape index (κ1) is 23.2. The second-order valence-corrected chi connectivity index (χ2v) is 10.3. The van der Waals surface area contributed by atoms with Gasteiger partial charge in [0.15, 0.2) is 0 Å². The van der Waals surface area contributed by atoms with Gasteiger partial charge in [-0.15, -0.1) is 11.3 Å². The SMILES string of the molecule is CC(C)CN1C(=O)c2ccccc2[C@H](C(=O)N[C@@H](C)CCc2ccccc2)[C@@H]1c1cccs1. The molecule has 3 aromatic rings. The van der Waals surface area contributed by atoms with E-state index in [1.54, 1.807) is 11.3 Å². The van der Waals surface area contributed by atoms with Gasteiger partial charge in [-0.2, -0.15) is 0 Å². The molecule has 0 radical (unpaired) electrons. The van der Waals surface area contributed by atoms with Gasteiger partial charge in [0.2, 0.25) is 5.91 Å². The number of hydrogen-bond acceptors (Lipinski definition) is 3. The van der Waals surface area contributed by atoms with Gasteiger partial charge in [-0.1, -0.05) is 68.4 Å². The van der Waals surface area contributed by atoms with E-state index < -0.39 is 5.92 Å². The number of thiophene rings is 1. The Morgan fingerprint density at radius 2 is 1.73 bits per heavy atom. The molecule has 1 N–H and O–H groups in total. The Bertz CT molecular complexity index is 1080. The van der Waals surface area contributed by atoms with Gasteiger partial charge in [-0.05, 0) is 54.3 Å². The molecule has 2 heterocycles. The van der Waals surface area contributed by atoms with Gasteiger partial charge in [-0.3, -0.25) is 9.59 Å². The summed E-state index contributed by atoms with van der Waals surface area (Å²) in [6.07, 6.45) is 1.78. The number of amides is 2. The van der Waals surface area contributed by atoms with Crippen LogP contribution in [0.2, 0.25) is 0 Å². The van der Waals surface area contributed by atoms with Crippen LogP contribution in [0.1, 0.15) is 65.5 Å². The Balaban J connectivity index is 1.63. The number of carbonyl (C=O) groups excluding carboxylic acids is 2. The fraction of sp³-hybridized carbons (Fsp3) is 0.357. The maximum absolute atomic E-state index is 13.8. The van der Waals surface area contributed by atoms with Crippen molar-refractivity contribution >= 4 is 23.2 Å². The highest BCUT2D eigenvalue weighted by Gasteiger charge is 2.44. The molecule has 0 saturated heterocycles. The maximum atomic E-state index is 13.8. The lowest BCUT2D eigenvalue weighted by Gasteiger charge is -2.42. The van der Waals surface area contributed by atoms with Crippen molar-refractivity contribution in [3.8, 4) is 0 Å². The monoisotopic (exact) mass is 460 g/mol. The normalized spacial score (nSPS) is 18.8. The van der Waals surface area contributed by atoms with Crippen LogP contribution >= 0.6 is 11.3 Å². The zero-order valence-corrected chi connectivity index (χ0v) is 20.3. The Morgan fingerprint density at radius 3 is 2.42 bits per heavy atom. The zero-order chi connectivity index (χ0) is 23.4. The van der Waals surface area contributed by atoms with Crippen molar-refractivity contribution in [2.45, 2.75) is 51.6 Å². The lowest BCUT2D eigenvalue weighted by Crippen LogP contribution is -2.49. The summed E-state index contributed by atoms with van der Waals surface area (Å²) < 4.78 is 0. The quantitative estimate of drug-likeness (QED) is 0.460. The summed E-state index contributed by atoms with van der Waals surface area (Å²) in [7, 11) is 0. The standard InChI is InChI=1S/C28H32N2O2S/c1-19(2)18-30-26(24-14-9-17-33-24)25(22-12-7-8-13-23(22)28(30)32)27(31)29-20(3)15-16-21-10-5-4-6-11-21/h4-14,17,19-20,25-26H,15-16,18H2,1-3H3,(H,29,31)/t20-,25-,26-/m0/s1. The van der Waals surface area contributed by atoms with E-state index in [0.717, 1.165) is 23.3 Å². The van der Waals surface area contributed by atoms with Crippen LogP contribution in [0.3, 0.4) is 0 Å². The Morgan fingerprint density at radius 1 is 1.00 bits per heavy atom. The number of carbonyl (C=O) groups is 2. The molecular formula is C28H32N2O2S. The van der Waals surface area contributed by atoms with E-state index in [4.69, 9.17) is 0 Å². The van der Waals surface area contributed by atoms with Crippen LogP contribution in [0.4, 0.5) is 0 Å². The minimum Gasteiger partial charge on any atom is -0.353 e. The van der Waals surface area contributed by atoms with Crippen molar-refractivity contribution in [2.75, 3.05) is 6.54 Å². The van der Waals surface area contributed by atoms with Gasteiger partial charge >= 0.3 is 0 Å². The molecule has 3 atom stereocenters. The van der Waals surface area contributed by atoms with E-state index in [1.807, 2.05) is 64.9 Å². The van der Waals surface area contributed by atoms with Crippen LogP contribution in [-0.2, 0) is 11.2 Å². The summed E-state index contributed by atoms with van der Waals surface area (Å²) in [5.41, 5.74) is 2.74. The number of aryl methyl sites for hydroxylation is 1. The minimum atomic E-state index is -0.435. The van der Waals surface area contributed by atoms with E-state index in [2.05, 4.69) is 38.2 Å². The van der Waals surface area contributed by atoms with Gasteiger partial charge in [0.1, 0.15) is 0 Å². The molecule has 172 valence electrons. The average molecular weight is 461 g/mol. The molecule has 0 spiro atoms. The second-order valence-electron chi connectivity index (χ2n) is 9.31. The first-order valence-corrected chi connectivity index (χ1v) is 12.6. The molecule has 5 heteroatoms. The molecule has 0 bridgehead atoms. The lowest BCUT2D eigenvalue weighted by atomic mass is 9.81. The van der Waals surface area contributed by atoms with Crippen LogP contribution in [0, 0.1) is 5.92 Å². The topological polar surface area (TPSA) is 49.4 Å². The smallest absolute Gasteiger partial charge is 0.254 e. The molecular weight excluding hydrogens is 428 g/mol. The van der Waals surface area contributed by atoms with E-state index in [-0.39, 0.29) is 23.9 Å². The molecule has 33 heavy (non-hydrogen) atoms. The largest absolute Gasteiger partial charge is 0.353 e. The summed E-state index contributed by atoms with van der Waals surface area (Å²) in [5, 5.41) is 5.29. The zero-order valence-electron chi connectivity index (χ0n) is 19.5. The van der Waals surface area contributed by atoms with Gasteiger partial charge in [-0.25, -0.2) is 0 Å². The summed E-state index contributed by atoms with van der Waals surface area (Å²) in [5.74, 6) is -0.132. The first-order valence-electron chi connectivity index (χ1n) is 11.7. The van der Waals surface area contributed by atoms with Crippen molar-refractivity contribution in [1.29, 1.82) is 0 Å². The van der Waals surface area contributed by atoms with Crippen molar-refractivity contribution in [3.05, 3.63) is 93.7 Å². The van der Waals surface area contributed by atoms with Gasteiger partial charge < -0.3 is 10.2 Å². The number of benzene rings is 2. The third-order valence-electron chi connectivity index (χ3n) is 6.22. The fourth-order valence-electron chi connectivity index (χ4n) is 4.68. The highest BCUT2D eigenvalue weighted by Crippen LogP contribution is 2.44. The van der Waals surface area contributed by atoms with Gasteiger partial charge in [0.25, 0.3) is 5.91 Å². The summed E-state index contributed by atoms with van der Waals surface area (Å²) >= 11 is 1.61. The Labute approximate surface area is 200 Å². The van der Waals surface area contributed by atoms with Crippen molar-refractivity contribution in [3.63, 3.8) is 0 Å². The van der Waals surface area contributed by atoms with Crippen LogP contribution < -0.4 is 5.32 Å². The van der Waals surface area contributed by atoms with Crippen LogP contribution in [-0.4, -0.2) is 29.3 Å². The van der Waals surface area contributed by atoms with Crippen LogP contribution in [0.5, 0.6) is 0 Å². The summed E-state index contributed by atoms with van der Waals surface area (Å²) in [6, 6.07) is 21.7. The van der Waals surface area contributed by atoms with E-state index in [9.17, 15) is 9.59 Å². The van der Waals surface area contributed by atoms with Gasteiger partial charge in [0.05, 0.1) is 12.0 Å². The summed E-state index contributed by atoms with van der Waals surface area (Å²) in [6.45, 7) is 6.90. The predicted octanol–water partition coefficient (Wildman–Crippen LogP) is 5.82. The van der Waals surface area contributed by atoms with Crippen molar-refractivity contribution < 1.29 is 9.59 Å². The van der Waals surface area contributed by atoms with Crippen molar-refractivity contribution in [2.24, 2.45) is 5.92 Å².